The molecule has 1 N–H and O–H groups in total. The number of aryl methyl sites for hydroxylation is 1. The maximum absolute atomic E-state index is 12.4. The number of aromatic nitrogens is 2. The highest BCUT2D eigenvalue weighted by Crippen LogP contribution is 2.32. The number of anilines is 1. The number of carbonyl (C=O) groups excluding carboxylic acids is 1. The Kier molecular flexibility index (Phi) is 5.67. The predicted molar refractivity (Wildman–Crippen MR) is 134 cm³/mol. The molecule has 0 aliphatic rings. The van der Waals surface area contributed by atoms with Crippen LogP contribution in [0.4, 0.5) is 5.69 Å². The summed E-state index contributed by atoms with van der Waals surface area (Å²) < 4.78 is 3.10. The third-order valence-electron chi connectivity index (χ3n) is 4.62. The molecule has 0 unspecified atom stereocenters. The monoisotopic (exact) mass is 481 g/mol. The van der Waals surface area contributed by atoms with Gasteiger partial charge in [-0.05, 0) is 67.1 Å². The van der Waals surface area contributed by atoms with Crippen LogP contribution >= 0.6 is 46.0 Å². The summed E-state index contributed by atoms with van der Waals surface area (Å²) in [6, 6.07) is 19.7. The number of hydrogen-bond acceptors (Lipinski definition) is 6. The lowest BCUT2D eigenvalue weighted by Gasteiger charge is -2.05. The van der Waals surface area contributed by atoms with E-state index in [9.17, 15) is 4.79 Å². The average molecular weight is 482 g/mol. The zero-order chi connectivity index (χ0) is 21.4. The van der Waals surface area contributed by atoms with Crippen LogP contribution in [0.15, 0.2) is 65.0 Å². The van der Waals surface area contributed by atoms with Crippen LogP contribution in [0.3, 0.4) is 0 Å². The molecule has 8 heteroatoms. The van der Waals surface area contributed by atoms with Crippen molar-refractivity contribution in [3.05, 3.63) is 71.2 Å². The molecule has 4 nitrogen and oxygen atoms in total. The third kappa shape index (κ3) is 4.60. The lowest BCUT2D eigenvalue weighted by molar-refractivity contribution is -0.113. The SMILES string of the molecule is Cc1ccc2nc(-c3ccc(NC(=O)CSc4nc5cc(Cl)ccc5s4)cc3)sc2c1. The summed E-state index contributed by atoms with van der Waals surface area (Å²) in [6.45, 7) is 2.08. The van der Waals surface area contributed by atoms with Gasteiger partial charge in [-0.3, -0.25) is 4.79 Å². The lowest BCUT2D eigenvalue weighted by Crippen LogP contribution is -2.13. The minimum Gasteiger partial charge on any atom is -0.325 e. The lowest BCUT2D eigenvalue weighted by atomic mass is 10.2. The van der Waals surface area contributed by atoms with Crippen molar-refractivity contribution in [3.8, 4) is 10.6 Å². The second-order valence-corrected chi connectivity index (χ2v) is 10.7. The highest BCUT2D eigenvalue weighted by molar-refractivity contribution is 8.01. The minimum absolute atomic E-state index is 0.0644. The van der Waals surface area contributed by atoms with Crippen LogP contribution in [0.25, 0.3) is 31.0 Å². The Morgan fingerprint density at radius 2 is 1.81 bits per heavy atom. The van der Waals surface area contributed by atoms with Gasteiger partial charge in [0.2, 0.25) is 5.91 Å². The van der Waals surface area contributed by atoms with Crippen molar-refractivity contribution in [2.24, 2.45) is 0 Å². The number of benzene rings is 3. The van der Waals surface area contributed by atoms with Crippen LogP contribution < -0.4 is 5.32 Å². The summed E-state index contributed by atoms with van der Waals surface area (Å²) in [5, 5.41) is 4.59. The van der Waals surface area contributed by atoms with E-state index in [1.807, 2.05) is 42.5 Å². The Labute approximate surface area is 196 Å². The van der Waals surface area contributed by atoms with Crippen molar-refractivity contribution in [1.29, 1.82) is 0 Å². The van der Waals surface area contributed by atoms with Crippen LogP contribution in [-0.4, -0.2) is 21.6 Å². The van der Waals surface area contributed by atoms with Gasteiger partial charge >= 0.3 is 0 Å². The number of halogens is 1. The van der Waals surface area contributed by atoms with Gasteiger partial charge in [0.05, 0.1) is 26.2 Å². The summed E-state index contributed by atoms with van der Waals surface area (Å²) in [6.07, 6.45) is 0. The summed E-state index contributed by atoms with van der Waals surface area (Å²) in [5.41, 5.74) is 4.91. The molecule has 0 aliphatic heterocycles. The fourth-order valence-corrected chi connectivity index (χ4v) is 6.20. The van der Waals surface area contributed by atoms with E-state index in [1.54, 1.807) is 22.7 Å². The van der Waals surface area contributed by atoms with E-state index in [1.165, 1.54) is 22.0 Å². The van der Waals surface area contributed by atoms with Gasteiger partial charge in [0.1, 0.15) is 5.01 Å². The van der Waals surface area contributed by atoms with Crippen molar-refractivity contribution in [2.75, 3.05) is 11.1 Å². The smallest absolute Gasteiger partial charge is 0.234 e. The number of nitrogens with one attached hydrogen (secondary N) is 1. The summed E-state index contributed by atoms with van der Waals surface area (Å²) in [4.78, 5) is 21.6. The zero-order valence-electron chi connectivity index (χ0n) is 16.4. The van der Waals surface area contributed by atoms with E-state index in [0.29, 0.717) is 10.8 Å². The van der Waals surface area contributed by atoms with E-state index in [0.717, 1.165) is 36.3 Å². The van der Waals surface area contributed by atoms with Crippen molar-refractivity contribution < 1.29 is 4.79 Å². The molecule has 1 amide bonds. The molecule has 2 aromatic heterocycles. The molecule has 154 valence electrons. The fourth-order valence-electron chi connectivity index (χ4n) is 3.12. The Balaban J connectivity index is 1.22. The molecule has 5 rings (SSSR count). The van der Waals surface area contributed by atoms with E-state index in [2.05, 4.69) is 35.4 Å². The summed E-state index contributed by atoms with van der Waals surface area (Å²) >= 11 is 10.7. The molecule has 3 aromatic carbocycles. The van der Waals surface area contributed by atoms with Crippen LogP contribution in [0.2, 0.25) is 5.02 Å². The van der Waals surface area contributed by atoms with Gasteiger partial charge in [-0.2, -0.15) is 0 Å². The van der Waals surface area contributed by atoms with E-state index in [-0.39, 0.29) is 5.91 Å². The Bertz CT molecular complexity index is 1410. The van der Waals surface area contributed by atoms with Crippen molar-refractivity contribution in [1.82, 2.24) is 9.97 Å². The molecule has 0 saturated carbocycles. The number of amides is 1. The first-order chi connectivity index (χ1) is 15.0. The van der Waals surface area contributed by atoms with E-state index < -0.39 is 0 Å². The van der Waals surface area contributed by atoms with Crippen molar-refractivity contribution in [2.45, 2.75) is 11.3 Å². The molecule has 0 aliphatic carbocycles. The number of thioether (sulfide) groups is 1. The van der Waals surface area contributed by atoms with Crippen LogP contribution in [0.5, 0.6) is 0 Å². The first-order valence-electron chi connectivity index (χ1n) is 9.50. The molecule has 0 fully saturated rings. The highest BCUT2D eigenvalue weighted by atomic mass is 35.5. The first-order valence-corrected chi connectivity index (χ1v) is 12.5. The van der Waals surface area contributed by atoms with Gasteiger partial charge in [0.15, 0.2) is 4.34 Å². The van der Waals surface area contributed by atoms with Gasteiger partial charge in [0.25, 0.3) is 0 Å². The molecule has 0 bridgehead atoms. The third-order valence-corrected chi connectivity index (χ3v) is 8.10. The van der Waals surface area contributed by atoms with Crippen molar-refractivity contribution in [3.63, 3.8) is 0 Å². The molecule has 0 atom stereocenters. The van der Waals surface area contributed by atoms with Crippen molar-refractivity contribution >= 4 is 78.1 Å². The van der Waals surface area contributed by atoms with Gasteiger partial charge in [-0.15, -0.1) is 22.7 Å². The Morgan fingerprint density at radius 3 is 2.65 bits per heavy atom. The molecular formula is C23H16ClN3OS3. The summed E-state index contributed by atoms with van der Waals surface area (Å²) in [7, 11) is 0. The number of fused-ring (bicyclic) bond motifs is 2. The number of thiazole rings is 2. The number of hydrogen-bond donors (Lipinski definition) is 1. The fraction of sp³-hybridized carbons (Fsp3) is 0.0870. The molecule has 0 saturated heterocycles. The first kappa shape index (κ1) is 20.5. The Morgan fingerprint density at radius 1 is 0.968 bits per heavy atom. The Hall–Kier alpha value is -2.45. The van der Waals surface area contributed by atoms with Gasteiger partial charge in [-0.25, -0.2) is 9.97 Å². The van der Waals surface area contributed by atoms with E-state index >= 15 is 0 Å². The van der Waals surface area contributed by atoms with Crippen LogP contribution in [-0.2, 0) is 4.79 Å². The molecule has 31 heavy (non-hydrogen) atoms. The largest absolute Gasteiger partial charge is 0.325 e. The highest BCUT2D eigenvalue weighted by Gasteiger charge is 2.10. The van der Waals surface area contributed by atoms with Gasteiger partial charge in [-0.1, -0.05) is 29.4 Å². The quantitative estimate of drug-likeness (QED) is 0.268. The molecular weight excluding hydrogens is 466 g/mol. The number of rotatable bonds is 5. The minimum atomic E-state index is -0.0644. The maximum atomic E-state index is 12.4. The standard InChI is InChI=1S/C23H16ClN3OS3/c1-13-2-8-17-20(10-13)30-22(26-17)14-3-6-16(7-4-14)25-21(28)12-29-23-27-18-11-15(24)5-9-19(18)31-23/h2-11H,12H2,1H3,(H,25,28). The summed E-state index contributed by atoms with van der Waals surface area (Å²) in [5.74, 6) is 0.234. The normalized spacial score (nSPS) is 11.3. The molecule has 2 heterocycles. The van der Waals surface area contributed by atoms with Gasteiger partial charge in [0, 0.05) is 16.3 Å². The molecule has 0 radical (unpaired) electrons. The molecule has 0 spiro atoms. The molecule has 5 aromatic rings. The zero-order valence-corrected chi connectivity index (χ0v) is 19.6. The van der Waals surface area contributed by atoms with Crippen LogP contribution in [0.1, 0.15) is 5.56 Å². The number of nitrogens with zero attached hydrogens (tertiary/aromatic N) is 2. The number of carbonyl (C=O) groups is 1. The van der Waals surface area contributed by atoms with E-state index in [4.69, 9.17) is 16.6 Å². The predicted octanol–water partition coefficient (Wildman–Crippen LogP) is 7.27. The van der Waals surface area contributed by atoms with Crippen LogP contribution in [0, 0.1) is 6.92 Å². The maximum Gasteiger partial charge on any atom is 0.234 e. The second-order valence-electron chi connectivity index (χ2n) is 7.00. The van der Waals surface area contributed by atoms with Gasteiger partial charge < -0.3 is 5.32 Å². The average Bonchev–Trinajstić information content (AvgIpc) is 3.35. The topological polar surface area (TPSA) is 54.9 Å². The second kappa shape index (κ2) is 8.59.